The summed E-state index contributed by atoms with van der Waals surface area (Å²) < 4.78 is 64.3. The van der Waals surface area contributed by atoms with E-state index in [1.807, 2.05) is 0 Å². The fraction of sp³-hybridized carbons (Fsp3) is 0.429. The maximum absolute atomic E-state index is 12.1. The number of ether oxygens (including phenoxy) is 2. The highest BCUT2D eigenvalue weighted by molar-refractivity contribution is 5.95. The van der Waals surface area contributed by atoms with Crippen molar-refractivity contribution in [1.29, 1.82) is 0 Å². The van der Waals surface area contributed by atoms with Crippen LogP contribution in [-0.4, -0.2) is 25.2 Å². The number of carbonyl (C=O) groups is 2. The van der Waals surface area contributed by atoms with Crippen LogP contribution in [0.5, 0.6) is 0 Å². The number of rotatable bonds is 6. The van der Waals surface area contributed by atoms with Crippen molar-refractivity contribution in [2.45, 2.75) is 20.2 Å². The van der Waals surface area contributed by atoms with E-state index < -0.39 is 60.0 Å². The Hall–Kier alpha value is -1.84. The third-order valence-electron chi connectivity index (χ3n) is 1.83. The summed E-state index contributed by atoms with van der Waals surface area (Å²) in [5, 5.41) is 0. The molecule has 98 valence electrons. The van der Waals surface area contributed by atoms with Gasteiger partial charge in [0, 0.05) is 2.74 Å². The lowest BCUT2D eigenvalue weighted by Crippen LogP contribution is -2.30. The second-order valence-corrected chi connectivity index (χ2v) is 3.08. The first-order valence-electron chi connectivity index (χ1n) is 8.92. The normalized spacial score (nSPS) is 16.5. The van der Waals surface area contributed by atoms with Crippen LogP contribution in [0.1, 0.15) is 29.0 Å². The number of esters is 2. The third kappa shape index (κ3) is 4.20. The Balaban J connectivity index is 3.65. The van der Waals surface area contributed by atoms with Gasteiger partial charge in [0.25, 0.3) is 0 Å². The maximum Gasteiger partial charge on any atom is 0.320 e. The molecule has 0 N–H and O–H groups in total. The monoisotopic (exact) mass is 257 g/mol. The van der Waals surface area contributed by atoms with Gasteiger partial charge in [-0.1, -0.05) is 30.2 Å². The summed E-state index contributed by atoms with van der Waals surface area (Å²) in [6, 6.07) is -3.93. The molecule has 0 saturated carbocycles. The zero-order chi connectivity index (χ0) is 19.5. The second kappa shape index (κ2) is 7.48. The highest BCUT2D eigenvalue weighted by Crippen LogP contribution is 2.12. The topological polar surface area (TPSA) is 52.6 Å². The van der Waals surface area contributed by atoms with E-state index in [0.717, 1.165) is 0 Å². The van der Waals surface area contributed by atoms with E-state index >= 15 is 0 Å². The minimum absolute atomic E-state index is 0.134. The largest absolute Gasteiger partial charge is 0.465 e. The van der Waals surface area contributed by atoms with Crippen molar-refractivity contribution in [3.05, 3.63) is 35.8 Å². The standard InChI is InChI=1S/C14H18O4/c1-3-17-13(15)12(14(16)18-4-2)10-11-8-6-5-7-9-11/h5-9,12H,3-4,10H2,1-2H3/i5D,6D,7D,8D,9D,10D2. The third-order valence-corrected chi connectivity index (χ3v) is 1.83. The van der Waals surface area contributed by atoms with Crippen LogP contribution in [0, 0.1) is 5.92 Å². The zero-order valence-corrected chi connectivity index (χ0v) is 10.1. The number of hydrogen-bond acceptors (Lipinski definition) is 4. The van der Waals surface area contributed by atoms with Gasteiger partial charge in [0.15, 0.2) is 5.92 Å². The van der Waals surface area contributed by atoms with Crippen LogP contribution in [0.15, 0.2) is 30.2 Å². The molecule has 1 aromatic rings. The summed E-state index contributed by atoms with van der Waals surface area (Å²) in [6.45, 7) is 2.65. The number of benzene rings is 1. The van der Waals surface area contributed by atoms with E-state index in [-0.39, 0.29) is 13.2 Å². The van der Waals surface area contributed by atoms with Gasteiger partial charge < -0.3 is 9.47 Å². The van der Waals surface area contributed by atoms with Crippen LogP contribution in [0.4, 0.5) is 0 Å². The quantitative estimate of drug-likeness (QED) is 0.577. The van der Waals surface area contributed by atoms with Crippen LogP contribution in [0.2, 0.25) is 0 Å². The van der Waals surface area contributed by atoms with Crippen LogP contribution < -0.4 is 0 Å². The molecule has 1 aromatic carbocycles. The Kier molecular flexibility index (Phi) is 2.88. The lowest BCUT2D eigenvalue weighted by molar-refractivity contribution is -0.161. The lowest BCUT2D eigenvalue weighted by Gasteiger charge is -2.14. The molecule has 0 radical (unpaired) electrons. The van der Waals surface area contributed by atoms with E-state index in [2.05, 4.69) is 0 Å². The molecule has 0 aliphatic heterocycles. The summed E-state index contributed by atoms with van der Waals surface area (Å²) in [7, 11) is 0. The molecule has 0 fully saturated rings. The zero-order valence-electron chi connectivity index (χ0n) is 17.1. The van der Waals surface area contributed by atoms with Gasteiger partial charge in [-0.15, -0.1) is 0 Å². The van der Waals surface area contributed by atoms with Crippen molar-refractivity contribution >= 4 is 11.9 Å². The van der Waals surface area contributed by atoms with Crippen molar-refractivity contribution < 1.29 is 28.7 Å². The molecule has 4 heteroatoms. The smallest absolute Gasteiger partial charge is 0.320 e. The van der Waals surface area contributed by atoms with E-state index in [1.165, 1.54) is 13.8 Å². The summed E-state index contributed by atoms with van der Waals surface area (Å²) in [6.07, 6.45) is -2.94. The molecule has 18 heavy (non-hydrogen) atoms. The average molecular weight is 257 g/mol. The van der Waals surface area contributed by atoms with Crippen molar-refractivity contribution in [2.75, 3.05) is 13.2 Å². The molecule has 0 aliphatic carbocycles. The molecule has 0 atom stereocenters. The Bertz CT molecular complexity index is 643. The minimum atomic E-state index is -2.94. The van der Waals surface area contributed by atoms with Gasteiger partial charge in [0.05, 0.1) is 20.1 Å². The average Bonchev–Trinajstić information content (AvgIpc) is 2.51. The van der Waals surface area contributed by atoms with Crippen LogP contribution in [0.25, 0.3) is 0 Å². The molecule has 0 saturated heterocycles. The maximum atomic E-state index is 12.1. The van der Waals surface area contributed by atoms with Crippen LogP contribution in [0.3, 0.4) is 0 Å². The molecule has 0 bridgehead atoms. The molecule has 1 rings (SSSR count). The van der Waals surface area contributed by atoms with Gasteiger partial charge in [0.1, 0.15) is 0 Å². The fourth-order valence-electron chi connectivity index (χ4n) is 1.13. The van der Waals surface area contributed by atoms with Gasteiger partial charge in [0.2, 0.25) is 0 Å². The first-order valence-corrected chi connectivity index (χ1v) is 5.42. The van der Waals surface area contributed by atoms with E-state index in [9.17, 15) is 9.59 Å². The Morgan fingerprint density at radius 2 is 1.67 bits per heavy atom. The van der Waals surface area contributed by atoms with Gasteiger partial charge in [-0.3, -0.25) is 9.59 Å². The van der Waals surface area contributed by atoms with Gasteiger partial charge >= 0.3 is 11.9 Å². The van der Waals surface area contributed by atoms with Crippen molar-refractivity contribution in [2.24, 2.45) is 5.92 Å². The Morgan fingerprint density at radius 1 is 1.17 bits per heavy atom. The second-order valence-electron chi connectivity index (χ2n) is 3.08. The molecule has 4 nitrogen and oxygen atoms in total. The molecule has 0 heterocycles. The predicted octanol–water partition coefficient (Wildman–Crippen LogP) is 1.97. The molecule has 0 aliphatic rings. The van der Waals surface area contributed by atoms with Gasteiger partial charge in [-0.25, -0.2) is 0 Å². The van der Waals surface area contributed by atoms with Gasteiger partial charge in [-0.05, 0) is 25.8 Å². The summed E-state index contributed by atoms with van der Waals surface area (Å²) in [5.74, 6) is -4.61. The molecule has 0 spiro atoms. The molecular formula is C14H18O4. The van der Waals surface area contributed by atoms with Crippen LogP contribution >= 0.6 is 0 Å². The fourth-order valence-corrected chi connectivity index (χ4v) is 1.13. The van der Waals surface area contributed by atoms with Crippen molar-refractivity contribution in [3.8, 4) is 0 Å². The molecule has 0 aromatic heterocycles. The van der Waals surface area contributed by atoms with E-state index in [1.54, 1.807) is 0 Å². The van der Waals surface area contributed by atoms with Crippen LogP contribution in [-0.2, 0) is 25.4 Å². The minimum Gasteiger partial charge on any atom is -0.465 e. The van der Waals surface area contributed by atoms with Crippen molar-refractivity contribution in [3.63, 3.8) is 0 Å². The molecule has 0 unspecified atom stereocenters. The van der Waals surface area contributed by atoms with E-state index in [4.69, 9.17) is 19.1 Å². The van der Waals surface area contributed by atoms with Gasteiger partial charge in [-0.2, -0.15) is 0 Å². The number of carbonyl (C=O) groups excluding carboxylic acids is 2. The molecular weight excluding hydrogens is 232 g/mol. The summed E-state index contributed by atoms with van der Waals surface area (Å²) in [5.41, 5.74) is -0.801. The predicted molar refractivity (Wildman–Crippen MR) is 66.9 cm³/mol. The Morgan fingerprint density at radius 3 is 2.11 bits per heavy atom. The SMILES string of the molecule is [2H]c1c([2H])c([2H])c(C([2H])([2H])C(C(=O)OCC)C(=O)OCC)c([2H])c1[2H]. The number of hydrogen-bond donors (Lipinski definition) is 0. The van der Waals surface area contributed by atoms with Crippen molar-refractivity contribution in [1.82, 2.24) is 0 Å². The summed E-state index contributed by atoms with van der Waals surface area (Å²) >= 11 is 0. The molecule has 0 amide bonds. The first-order chi connectivity index (χ1) is 11.5. The first kappa shape index (κ1) is 6.92. The summed E-state index contributed by atoms with van der Waals surface area (Å²) in [4.78, 5) is 24.2. The van der Waals surface area contributed by atoms with E-state index in [0.29, 0.717) is 0 Å². The lowest BCUT2D eigenvalue weighted by atomic mass is 9.99. The highest BCUT2D eigenvalue weighted by Gasteiger charge is 2.29. The highest BCUT2D eigenvalue weighted by atomic mass is 16.6. The Labute approximate surface area is 117 Å².